The maximum atomic E-state index is 12.9. The molecule has 1 aromatic heterocycles. The van der Waals surface area contributed by atoms with Gasteiger partial charge in [0.15, 0.2) is 0 Å². The van der Waals surface area contributed by atoms with Crippen molar-refractivity contribution < 1.29 is 22.8 Å². The van der Waals surface area contributed by atoms with Crippen LogP contribution in [0, 0.1) is 0 Å². The molecule has 1 fully saturated rings. The predicted molar refractivity (Wildman–Crippen MR) is 111 cm³/mol. The van der Waals surface area contributed by atoms with Crippen molar-refractivity contribution in [3.63, 3.8) is 0 Å². The number of hydrogen-bond acceptors (Lipinski definition) is 4. The van der Waals surface area contributed by atoms with E-state index in [1.807, 2.05) is 4.68 Å². The summed E-state index contributed by atoms with van der Waals surface area (Å²) in [7, 11) is 1.57. The van der Waals surface area contributed by atoms with E-state index in [2.05, 4.69) is 15.7 Å². The summed E-state index contributed by atoms with van der Waals surface area (Å²) in [6.07, 6.45) is 1.31. The average molecular weight is 458 g/mol. The Morgan fingerprint density at radius 1 is 1.16 bits per heavy atom. The van der Waals surface area contributed by atoms with Crippen molar-refractivity contribution in [3.8, 4) is 0 Å². The highest BCUT2D eigenvalue weighted by atomic mass is 35.5. The third-order valence-corrected chi connectivity index (χ3v) is 5.32. The minimum atomic E-state index is -4.63. The van der Waals surface area contributed by atoms with E-state index in [4.69, 9.17) is 11.6 Å². The van der Waals surface area contributed by atoms with Crippen molar-refractivity contribution in [2.45, 2.75) is 37.9 Å². The number of hydrogen-bond donors (Lipinski definition) is 2. The Kier molecular flexibility index (Phi) is 7.22. The molecule has 0 radical (unpaired) electrons. The molecule has 1 heterocycles. The second-order valence-corrected chi connectivity index (χ2v) is 7.97. The Morgan fingerprint density at radius 2 is 1.81 bits per heavy atom. The highest BCUT2D eigenvalue weighted by Gasteiger charge is 2.33. The number of amides is 2. The Labute approximate surface area is 182 Å². The molecule has 1 aliphatic carbocycles. The molecule has 3 rings (SSSR count). The van der Waals surface area contributed by atoms with Gasteiger partial charge in [-0.05, 0) is 38.1 Å². The lowest BCUT2D eigenvalue weighted by Gasteiger charge is -2.18. The van der Waals surface area contributed by atoms with Gasteiger partial charge in [-0.1, -0.05) is 24.4 Å². The summed E-state index contributed by atoms with van der Waals surface area (Å²) in [6, 6.07) is 5.13. The van der Waals surface area contributed by atoms with Crippen molar-refractivity contribution in [1.82, 2.24) is 14.7 Å². The Bertz CT molecular complexity index is 941. The van der Waals surface area contributed by atoms with Crippen LogP contribution in [0.15, 0.2) is 30.5 Å². The molecule has 0 saturated heterocycles. The van der Waals surface area contributed by atoms with Crippen molar-refractivity contribution in [2.75, 3.05) is 30.8 Å². The summed E-state index contributed by atoms with van der Waals surface area (Å²) in [4.78, 5) is 26.0. The first-order chi connectivity index (χ1) is 14.6. The minimum absolute atomic E-state index is 0.0277. The number of likely N-dealkylation sites (N-methyl/N-ethyl adjacent to an activating group) is 1. The van der Waals surface area contributed by atoms with Crippen LogP contribution >= 0.6 is 11.6 Å². The summed E-state index contributed by atoms with van der Waals surface area (Å²) in [5, 5.41) is 9.04. The summed E-state index contributed by atoms with van der Waals surface area (Å²) >= 11 is 5.58. The molecule has 0 atom stereocenters. The molecular weight excluding hydrogens is 435 g/mol. The van der Waals surface area contributed by atoms with E-state index in [0.717, 1.165) is 37.8 Å². The highest BCUT2D eigenvalue weighted by Crippen LogP contribution is 2.36. The van der Waals surface area contributed by atoms with Gasteiger partial charge in [-0.15, -0.1) is 0 Å². The number of carbonyl (C=O) groups is 2. The van der Waals surface area contributed by atoms with Crippen LogP contribution in [-0.4, -0.2) is 46.6 Å². The summed E-state index contributed by atoms with van der Waals surface area (Å²) in [5.41, 5.74) is -1.06. The van der Waals surface area contributed by atoms with E-state index in [9.17, 15) is 22.8 Å². The lowest BCUT2D eigenvalue weighted by atomic mass is 10.2. The zero-order chi connectivity index (χ0) is 22.6. The molecule has 11 heteroatoms. The van der Waals surface area contributed by atoms with Gasteiger partial charge in [-0.2, -0.15) is 18.3 Å². The molecule has 0 aliphatic heterocycles. The molecule has 168 valence electrons. The molecule has 31 heavy (non-hydrogen) atoms. The van der Waals surface area contributed by atoms with E-state index < -0.39 is 22.7 Å². The van der Waals surface area contributed by atoms with Gasteiger partial charge in [-0.25, -0.2) is 4.68 Å². The molecule has 0 bridgehead atoms. The minimum Gasteiger partial charge on any atom is -0.325 e. The molecule has 2 aromatic rings. The average Bonchev–Trinajstić information content (AvgIpc) is 3.33. The number of nitrogens with one attached hydrogen (secondary N) is 2. The van der Waals surface area contributed by atoms with Crippen molar-refractivity contribution >= 4 is 34.9 Å². The van der Waals surface area contributed by atoms with Gasteiger partial charge in [0.05, 0.1) is 35.9 Å². The SMILES string of the molecule is CN(CC(=O)Nc1ccc(Cl)c(C(F)(F)F)c1)CC(=O)Nc1ccnn1C1CCCC1. The van der Waals surface area contributed by atoms with Crippen LogP contribution in [0.3, 0.4) is 0 Å². The number of alkyl halides is 3. The Hall–Kier alpha value is -2.59. The van der Waals surface area contributed by atoms with E-state index in [1.165, 1.54) is 11.0 Å². The van der Waals surface area contributed by atoms with E-state index >= 15 is 0 Å². The predicted octanol–water partition coefficient (Wildman–Crippen LogP) is 4.18. The van der Waals surface area contributed by atoms with Crippen molar-refractivity contribution in [2.24, 2.45) is 0 Å². The number of carbonyl (C=O) groups excluding carboxylic acids is 2. The maximum absolute atomic E-state index is 12.9. The van der Waals surface area contributed by atoms with Crippen LogP contribution < -0.4 is 10.6 Å². The van der Waals surface area contributed by atoms with Crippen LogP contribution in [-0.2, 0) is 15.8 Å². The van der Waals surface area contributed by atoms with E-state index in [0.29, 0.717) is 5.82 Å². The van der Waals surface area contributed by atoms with Crippen LogP contribution in [0.25, 0.3) is 0 Å². The van der Waals surface area contributed by atoms with Gasteiger partial charge in [0.1, 0.15) is 5.82 Å². The molecule has 1 aliphatic rings. The molecule has 1 saturated carbocycles. The molecular formula is C20H23ClF3N5O2. The first-order valence-corrected chi connectivity index (χ1v) is 10.2. The summed E-state index contributed by atoms with van der Waals surface area (Å²) < 4.78 is 40.7. The van der Waals surface area contributed by atoms with Crippen molar-refractivity contribution in [3.05, 3.63) is 41.0 Å². The van der Waals surface area contributed by atoms with Crippen LogP contribution in [0.2, 0.25) is 5.02 Å². The highest BCUT2D eigenvalue weighted by molar-refractivity contribution is 6.31. The first kappa shape index (κ1) is 23.1. The van der Waals surface area contributed by atoms with Gasteiger partial charge in [0, 0.05) is 11.8 Å². The van der Waals surface area contributed by atoms with Gasteiger partial charge >= 0.3 is 6.18 Å². The fourth-order valence-electron chi connectivity index (χ4n) is 3.60. The Morgan fingerprint density at radius 3 is 2.45 bits per heavy atom. The molecule has 7 nitrogen and oxygen atoms in total. The van der Waals surface area contributed by atoms with Gasteiger partial charge in [0.25, 0.3) is 0 Å². The number of anilines is 2. The lowest BCUT2D eigenvalue weighted by molar-refractivity contribution is -0.137. The number of rotatable bonds is 7. The van der Waals surface area contributed by atoms with Crippen LogP contribution in [0.1, 0.15) is 37.3 Å². The monoisotopic (exact) mass is 457 g/mol. The van der Waals surface area contributed by atoms with Gasteiger partial charge < -0.3 is 10.6 Å². The quantitative estimate of drug-likeness (QED) is 0.653. The zero-order valence-corrected chi connectivity index (χ0v) is 17.6. The number of nitrogens with zero attached hydrogens (tertiary/aromatic N) is 3. The Balaban J connectivity index is 1.52. The molecule has 2 amide bonds. The molecule has 1 aromatic carbocycles. The van der Waals surface area contributed by atoms with Gasteiger partial charge in [0.2, 0.25) is 11.8 Å². The van der Waals surface area contributed by atoms with Gasteiger partial charge in [-0.3, -0.25) is 14.5 Å². The second kappa shape index (κ2) is 9.69. The molecule has 2 N–H and O–H groups in total. The second-order valence-electron chi connectivity index (χ2n) is 7.56. The standard InChI is InChI=1S/C20H23ClF3N5O2/c1-28(11-18(30)26-13-6-7-16(21)15(10-13)20(22,23)24)12-19(31)27-17-8-9-25-29(17)14-4-2-3-5-14/h6-10,14H,2-5,11-12H2,1H3,(H,26,30)(H,27,31). The number of benzene rings is 1. The molecule has 0 spiro atoms. The number of aromatic nitrogens is 2. The van der Waals surface area contributed by atoms with E-state index in [1.54, 1.807) is 19.3 Å². The fourth-order valence-corrected chi connectivity index (χ4v) is 3.83. The maximum Gasteiger partial charge on any atom is 0.417 e. The molecule has 0 unspecified atom stereocenters. The fraction of sp³-hybridized carbons (Fsp3) is 0.450. The smallest absolute Gasteiger partial charge is 0.325 e. The zero-order valence-electron chi connectivity index (χ0n) is 16.9. The number of halogens is 4. The van der Waals surface area contributed by atoms with Crippen LogP contribution in [0.4, 0.5) is 24.7 Å². The largest absolute Gasteiger partial charge is 0.417 e. The third kappa shape index (κ3) is 6.20. The first-order valence-electron chi connectivity index (χ1n) is 9.82. The normalized spacial score (nSPS) is 14.8. The lowest BCUT2D eigenvalue weighted by Crippen LogP contribution is -2.36. The topological polar surface area (TPSA) is 79.3 Å². The summed E-state index contributed by atoms with van der Waals surface area (Å²) in [5.74, 6) is -0.266. The third-order valence-electron chi connectivity index (χ3n) is 4.99. The van der Waals surface area contributed by atoms with E-state index in [-0.39, 0.29) is 30.7 Å². The van der Waals surface area contributed by atoms with Crippen LogP contribution in [0.5, 0.6) is 0 Å². The summed E-state index contributed by atoms with van der Waals surface area (Å²) in [6.45, 7) is -0.253. The van der Waals surface area contributed by atoms with Crippen molar-refractivity contribution in [1.29, 1.82) is 0 Å².